The molecule has 152 valence electrons. The second-order valence-electron chi connectivity index (χ2n) is 7.58. The van der Waals surface area contributed by atoms with Crippen LogP contribution in [0.2, 0.25) is 0 Å². The zero-order valence-electron chi connectivity index (χ0n) is 16.6. The van der Waals surface area contributed by atoms with E-state index in [4.69, 9.17) is 8.92 Å². The predicted molar refractivity (Wildman–Crippen MR) is 108 cm³/mol. The zero-order chi connectivity index (χ0) is 20.8. The molecule has 0 saturated heterocycles. The summed E-state index contributed by atoms with van der Waals surface area (Å²) in [6, 6.07) is 15.3. The summed E-state index contributed by atoms with van der Waals surface area (Å²) in [6.07, 6.45) is -0.214. The van der Waals surface area contributed by atoms with Gasteiger partial charge < -0.3 is 10.1 Å². The molecular formula is C21H27NO5S. The number of benzene rings is 2. The second kappa shape index (κ2) is 9.21. The quantitative estimate of drug-likeness (QED) is 0.708. The highest BCUT2D eigenvalue weighted by Crippen LogP contribution is 2.15. The van der Waals surface area contributed by atoms with E-state index < -0.39 is 27.9 Å². The van der Waals surface area contributed by atoms with Gasteiger partial charge in [0.05, 0.1) is 17.5 Å². The van der Waals surface area contributed by atoms with Gasteiger partial charge in [-0.25, -0.2) is 4.79 Å². The van der Waals surface area contributed by atoms with E-state index in [0.717, 1.165) is 11.1 Å². The van der Waals surface area contributed by atoms with Gasteiger partial charge in [0.25, 0.3) is 10.1 Å². The molecule has 2 aromatic rings. The summed E-state index contributed by atoms with van der Waals surface area (Å²) in [6.45, 7) is 6.95. The van der Waals surface area contributed by atoms with Crippen LogP contribution in [0.5, 0.6) is 0 Å². The van der Waals surface area contributed by atoms with E-state index in [1.165, 1.54) is 12.1 Å². The standard InChI is InChI=1S/C21H27NO5S/c1-16-10-12-19(13-11-16)28(24,25)26-15-18(14-17-8-6-5-7-9-17)22-20(23)27-21(2,3)4/h5-13,18H,14-15H2,1-4H3,(H,22,23)/t18-/m0/s1. The topological polar surface area (TPSA) is 81.7 Å². The summed E-state index contributed by atoms with van der Waals surface area (Å²) < 4.78 is 35.4. The van der Waals surface area contributed by atoms with Crippen LogP contribution < -0.4 is 5.32 Å². The third-order valence-corrected chi connectivity index (χ3v) is 5.08. The van der Waals surface area contributed by atoms with Crippen molar-refractivity contribution in [2.45, 2.75) is 50.7 Å². The Morgan fingerprint density at radius 1 is 1.04 bits per heavy atom. The minimum absolute atomic E-state index is 0.0776. The third kappa shape index (κ3) is 7.32. The lowest BCUT2D eigenvalue weighted by atomic mass is 10.1. The predicted octanol–water partition coefficient (Wildman–Crippen LogP) is 3.84. The maximum Gasteiger partial charge on any atom is 0.407 e. The third-order valence-electron chi connectivity index (χ3n) is 3.78. The molecule has 0 aliphatic heterocycles. The first-order valence-corrected chi connectivity index (χ1v) is 10.5. The minimum Gasteiger partial charge on any atom is -0.444 e. The lowest BCUT2D eigenvalue weighted by Gasteiger charge is -2.23. The summed E-state index contributed by atoms with van der Waals surface area (Å²) in [5.41, 5.74) is 1.24. The number of amides is 1. The molecule has 0 radical (unpaired) electrons. The first-order valence-electron chi connectivity index (χ1n) is 9.05. The fraction of sp³-hybridized carbons (Fsp3) is 0.381. The monoisotopic (exact) mass is 405 g/mol. The first-order chi connectivity index (χ1) is 13.0. The van der Waals surface area contributed by atoms with E-state index in [-0.39, 0.29) is 11.5 Å². The average Bonchev–Trinajstić information content (AvgIpc) is 2.59. The molecule has 0 saturated carbocycles. The number of nitrogens with one attached hydrogen (secondary N) is 1. The molecule has 0 spiro atoms. The van der Waals surface area contributed by atoms with Crippen LogP contribution in [0.15, 0.2) is 59.5 Å². The van der Waals surface area contributed by atoms with Gasteiger partial charge in [0.2, 0.25) is 0 Å². The minimum atomic E-state index is -3.93. The molecule has 0 aliphatic carbocycles. The van der Waals surface area contributed by atoms with Gasteiger partial charge in [0, 0.05) is 0 Å². The van der Waals surface area contributed by atoms with E-state index in [9.17, 15) is 13.2 Å². The van der Waals surface area contributed by atoms with Gasteiger partial charge in [0.1, 0.15) is 5.60 Å². The van der Waals surface area contributed by atoms with Crippen LogP contribution in [0.3, 0.4) is 0 Å². The van der Waals surface area contributed by atoms with E-state index >= 15 is 0 Å². The Bertz CT molecular complexity index is 871. The average molecular weight is 406 g/mol. The molecule has 0 heterocycles. The molecule has 2 aromatic carbocycles. The summed E-state index contributed by atoms with van der Waals surface area (Å²) in [5.74, 6) is 0. The molecule has 1 N–H and O–H groups in total. The zero-order valence-corrected chi connectivity index (χ0v) is 17.5. The summed E-state index contributed by atoms with van der Waals surface area (Å²) in [5, 5.41) is 2.70. The van der Waals surface area contributed by atoms with E-state index in [1.807, 2.05) is 37.3 Å². The molecule has 28 heavy (non-hydrogen) atoms. The summed E-state index contributed by atoms with van der Waals surface area (Å²) >= 11 is 0. The van der Waals surface area contributed by atoms with Crippen LogP contribution in [-0.2, 0) is 25.5 Å². The Morgan fingerprint density at radius 2 is 1.64 bits per heavy atom. The smallest absolute Gasteiger partial charge is 0.407 e. The molecule has 0 bridgehead atoms. The van der Waals surface area contributed by atoms with Gasteiger partial charge in [-0.05, 0) is 51.8 Å². The molecule has 0 aromatic heterocycles. The Morgan fingerprint density at radius 3 is 2.21 bits per heavy atom. The highest BCUT2D eigenvalue weighted by atomic mass is 32.2. The molecule has 1 amide bonds. The van der Waals surface area contributed by atoms with Crippen molar-refractivity contribution in [3.05, 3.63) is 65.7 Å². The maximum atomic E-state index is 12.4. The number of alkyl carbamates (subject to hydrolysis) is 1. The van der Waals surface area contributed by atoms with E-state index in [1.54, 1.807) is 32.9 Å². The van der Waals surface area contributed by atoms with Crippen LogP contribution in [0.1, 0.15) is 31.9 Å². The highest BCUT2D eigenvalue weighted by molar-refractivity contribution is 7.86. The van der Waals surface area contributed by atoms with Gasteiger partial charge in [-0.15, -0.1) is 0 Å². The molecule has 7 heteroatoms. The molecule has 2 rings (SSSR count). The summed E-state index contributed by atoms with van der Waals surface area (Å²) in [7, 11) is -3.93. The number of ether oxygens (including phenoxy) is 1. The lowest BCUT2D eigenvalue weighted by molar-refractivity contribution is 0.0488. The fourth-order valence-electron chi connectivity index (χ4n) is 2.47. The van der Waals surface area contributed by atoms with Crippen LogP contribution in [-0.4, -0.2) is 32.8 Å². The number of aryl methyl sites for hydroxylation is 1. The van der Waals surface area contributed by atoms with Gasteiger partial charge in [0.15, 0.2) is 0 Å². The maximum absolute atomic E-state index is 12.4. The number of hydrogen-bond acceptors (Lipinski definition) is 5. The highest BCUT2D eigenvalue weighted by Gasteiger charge is 2.23. The van der Waals surface area contributed by atoms with E-state index in [0.29, 0.717) is 6.42 Å². The molecule has 0 fully saturated rings. The van der Waals surface area contributed by atoms with Gasteiger partial charge in [-0.3, -0.25) is 4.18 Å². The van der Waals surface area contributed by atoms with Crippen molar-refractivity contribution in [1.29, 1.82) is 0 Å². The Balaban J connectivity index is 2.09. The number of hydrogen-bond donors (Lipinski definition) is 1. The largest absolute Gasteiger partial charge is 0.444 e. The molecule has 0 aliphatic rings. The number of carbonyl (C=O) groups is 1. The molecular weight excluding hydrogens is 378 g/mol. The van der Waals surface area contributed by atoms with Gasteiger partial charge in [-0.2, -0.15) is 8.42 Å². The van der Waals surface area contributed by atoms with Gasteiger partial charge >= 0.3 is 6.09 Å². The first kappa shape index (κ1) is 21.9. The van der Waals surface area contributed by atoms with Crippen molar-refractivity contribution >= 4 is 16.2 Å². The normalized spacial score (nSPS) is 13.0. The van der Waals surface area contributed by atoms with Crippen molar-refractivity contribution in [2.24, 2.45) is 0 Å². The van der Waals surface area contributed by atoms with E-state index in [2.05, 4.69) is 5.32 Å². The fourth-order valence-corrected chi connectivity index (χ4v) is 3.42. The van der Waals surface area contributed by atoms with Crippen molar-refractivity contribution in [3.8, 4) is 0 Å². The lowest BCUT2D eigenvalue weighted by Crippen LogP contribution is -2.43. The van der Waals surface area contributed by atoms with Crippen LogP contribution >= 0.6 is 0 Å². The van der Waals surface area contributed by atoms with Crippen molar-refractivity contribution in [3.63, 3.8) is 0 Å². The van der Waals surface area contributed by atoms with Gasteiger partial charge in [-0.1, -0.05) is 48.0 Å². The summed E-state index contributed by atoms with van der Waals surface area (Å²) in [4.78, 5) is 12.2. The van der Waals surface area contributed by atoms with Crippen molar-refractivity contribution in [2.75, 3.05) is 6.61 Å². The number of carbonyl (C=O) groups excluding carboxylic acids is 1. The Hall–Kier alpha value is -2.38. The SMILES string of the molecule is Cc1ccc(S(=O)(=O)OC[C@H](Cc2ccccc2)NC(=O)OC(C)(C)C)cc1. The van der Waals surface area contributed by atoms with Crippen molar-refractivity contribution in [1.82, 2.24) is 5.32 Å². The van der Waals surface area contributed by atoms with Crippen LogP contribution in [0, 0.1) is 6.92 Å². The Kier molecular flexibility index (Phi) is 7.21. The van der Waals surface area contributed by atoms with Crippen LogP contribution in [0.4, 0.5) is 4.79 Å². The molecule has 1 atom stereocenters. The molecule has 0 unspecified atom stereocenters. The van der Waals surface area contributed by atoms with Crippen molar-refractivity contribution < 1.29 is 22.1 Å². The molecule has 6 nitrogen and oxygen atoms in total. The second-order valence-corrected chi connectivity index (χ2v) is 9.20. The Labute approximate surface area is 167 Å². The number of rotatable bonds is 7. The van der Waals surface area contributed by atoms with Crippen LogP contribution in [0.25, 0.3) is 0 Å².